The number of nitrogens with zero attached hydrogens (tertiary/aromatic N) is 4. The maximum atomic E-state index is 13.9. The number of anilines is 2. The van der Waals surface area contributed by atoms with E-state index >= 15 is 0 Å². The summed E-state index contributed by atoms with van der Waals surface area (Å²) >= 11 is 0. The van der Waals surface area contributed by atoms with Gasteiger partial charge in [0, 0.05) is 18.3 Å². The first-order valence-electron chi connectivity index (χ1n) is 10.3. The first-order valence-corrected chi connectivity index (χ1v) is 10.3. The number of aryl methyl sites for hydroxylation is 1. The number of aromatic amines is 1. The molecule has 0 unspecified atom stereocenters. The molecule has 0 amide bonds. The lowest BCUT2D eigenvalue weighted by atomic mass is 9.97. The molecular weight excluding hydrogens is 428 g/mol. The second kappa shape index (κ2) is 8.30. The van der Waals surface area contributed by atoms with Gasteiger partial charge in [-0.1, -0.05) is 12.1 Å². The monoisotopic (exact) mass is 447 g/mol. The minimum Gasteiger partial charge on any atom is -0.368 e. The smallest absolute Gasteiger partial charge is 0.263 e. The highest BCUT2D eigenvalue weighted by molar-refractivity contribution is 5.83. The summed E-state index contributed by atoms with van der Waals surface area (Å²) < 4.78 is 28.9. The maximum Gasteiger partial charge on any atom is 0.263 e. The van der Waals surface area contributed by atoms with Gasteiger partial charge in [-0.05, 0) is 54.3 Å². The fourth-order valence-corrected chi connectivity index (χ4v) is 3.90. The predicted octanol–water partition coefficient (Wildman–Crippen LogP) is 3.54. The number of aromatic nitrogens is 5. The predicted molar refractivity (Wildman–Crippen MR) is 122 cm³/mol. The van der Waals surface area contributed by atoms with Crippen LogP contribution in [0, 0.1) is 11.6 Å². The molecule has 0 aliphatic carbocycles. The van der Waals surface area contributed by atoms with Crippen LogP contribution in [0.25, 0.3) is 27.8 Å². The summed E-state index contributed by atoms with van der Waals surface area (Å²) in [6.45, 7) is 0.518. The average molecular weight is 447 g/mol. The quantitative estimate of drug-likeness (QED) is 0.343. The number of rotatable bonds is 6. The molecule has 33 heavy (non-hydrogen) atoms. The van der Waals surface area contributed by atoms with Crippen molar-refractivity contribution in [1.29, 1.82) is 0 Å². The minimum absolute atomic E-state index is 0.123. The average Bonchev–Trinajstić information content (AvgIpc) is 3.26. The first kappa shape index (κ1) is 20.6. The Labute approximate surface area is 186 Å². The van der Waals surface area contributed by atoms with Crippen molar-refractivity contribution in [2.45, 2.75) is 12.8 Å². The number of nitrogen functional groups attached to an aromatic ring is 1. The highest BCUT2D eigenvalue weighted by Crippen LogP contribution is 2.24. The lowest BCUT2D eigenvalue weighted by molar-refractivity contribution is 0.618. The third kappa shape index (κ3) is 3.98. The molecule has 0 spiro atoms. The zero-order chi connectivity index (χ0) is 22.9. The van der Waals surface area contributed by atoms with Crippen LogP contribution in [-0.2, 0) is 6.42 Å². The second-order valence-corrected chi connectivity index (χ2v) is 7.56. The van der Waals surface area contributed by atoms with E-state index in [9.17, 15) is 13.6 Å². The number of nitrogens with one attached hydrogen (secondary N) is 2. The zero-order valence-electron chi connectivity index (χ0n) is 17.3. The topological polar surface area (TPSA) is 114 Å². The molecule has 5 aromatic rings. The van der Waals surface area contributed by atoms with Crippen molar-refractivity contribution >= 4 is 28.4 Å². The van der Waals surface area contributed by atoms with Crippen molar-refractivity contribution in [3.8, 4) is 11.1 Å². The van der Waals surface area contributed by atoms with Gasteiger partial charge < -0.3 is 16.0 Å². The first-order chi connectivity index (χ1) is 16.0. The number of H-pyrrole nitrogens is 1. The molecule has 4 N–H and O–H groups in total. The second-order valence-electron chi connectivity index (χ2n) is 7.56. The van der Waals surface area contributed by atoms with Crippen molar-refractivity contribution in [2.24, 2.45) is 0 Å². The number of pyridine rings is 2. The van der Waals surface area contributed by atoms with Gasteiger partial charge in [0.15, 0.2) is 11.5 Å². The van der Waals surface area contributed by atoms with Gasteiger partial charge in [0.1, 0.15) is 17.2 Å². The number of halogens is 2. The molecule has 4 heterocycles. The summed E-state index contributed by atoms with van der Waals surface area (Å²) in [5.41, 5.74) is 8.56. The normalized spacial score (nSPS) is 11.3. The molecule has 8 nitrogen and oxygen atoms in total. The summed E-state index contributed by atoms with van der Waals surface area (Å²) in [5, 5.41) is 3.21. The highest BCUT2D eigenvalue weighted by Gasteiger charge is 2.15. The van der Waals surface area contributed by atoms with Crippen LogP contribution in [0.1, 0.15) is 12.0 Å². The maximum absolute atomic E-state index is 13.9. The van der Waals surface area contributed by atoms with E-state index in [0.29, 0.717) is 53.0 Å². The minimum atomic E-state index is -0.527. The highest BCUT2D eigenvalue weighted by atomic mass is 19.1. The molecule has 0 bridgehead atoms. The van der Waals surface area contributed by atoms with Crippen molar-refractivity contribution in [3.63, 3.8) is 0 Å². The molecule has 5 rings (SSSR count). The number of hydrogen-bond donors (Lipinski definition) is 3. The van der Waals surface area contributed by atoms with Crippen LogP contribution in [0.4, 0.5) is 20.5 Å². The van der Waals surface area contributed by atoms with Gasteiger partial charge in [-0.2, -0.15) is 9.97 Å². The van der Waals surface area contributed by atoms with E-state index in [0.717, 1.165) is 11.8 Å². The molecule has 4 aromatic heterocycles. The lowest BCUT2D eigenvalue weighted by Crippen LogP contribution is -2.19. The Morgan fingerprint density at radius 3 is 2.82 bits per heavy atom. The summed E-state index contributed by atoms with van der Waals surface area (Å²) in [6, 6.07) is 10.5. The van der Waals surface area contributed by atoms with E-state index in [2.05, 4.69) is 25.3 Å². The Bertz CT molecular complexity index is 1540. The molecule has 1 aromatic carbocycles. The molecule has 0 aliphatic rings. The third-order valence-corrected chi connectivity index (χ3v) is 5.34. The van der Waals surface area contributed by atoms with Crippen LogP contribution in [0.2, 0.25) is 0 Å². The van der Waals surface area contributed by atoms with E-state index in [1.807, 2.05) is 6.07 Å². The summed E-state index contributed by atoms with van der Waals surface area (Å²) in [5.74, 6) is -0.343. The Balaban J connectivity index is 1.45. The molecule has 0 radical (unpaired) electrons. The molecule has 0 saturated heterocycles. The number of imidazole rings is 1. The van der Waals surface area contributed by atoms with Crippen LogP contribution >= 0.6 is 0 Å². The van der Waals surface area contributed by atoms with E-state index in [1.54, 1.807) is 18.2 Å². The Hall–Kier alpha value is -4.34. The summed E-state index contributed by atoms with van der Waals surface area (Å²) in [4.78, 5) is 28.6. The van der Waals surface area contributed by atoms with Gasteiger partial charge in [-0.15, -0.1) is 0 Å². The molecule has 166 valence electrons. The summed E-state index contributed by atoms with van der Waals surface area (Å²) in [7, 11) is 0. The van der Waals surface area contributed by atoms with E-state index < -0.39 is 17.2 Å². The van der Waals surface area contributed by atoms with Gasteiger partial charge in [0.05, 0.1) is 11.9 Å². The summed E-state index contributed by atoms with van der Waals surface area (Å²) in [6.07, 6.45) is 3.81. The van der Waals surface area contributed by atoms with Gasteiger partial charge >= 0.3 is 0 Å². The molecule has 0 saturated carbocycles. The van der Waals surface area contributed by atoms with Crippen LogP contribution in [0.3, 0.4) is 0 Å². The van der Waals surface area contributed by atoms with Crippen LogP contribution in [-0.4, -0.2) is 30.9 Å². The standard InChI is InChI=1S/C23H19F2N7O/c24-15-5-1-3-13(9-15)18-14(10-17-7-6-16(25)11-32(17)22(18)33)4-2-8-27-20-19-21(29-12-28-19)31-23(26)30-20/h1,3,5-7,9-12H,2,4,8H2,(H4,26,27,28,29,30,31). The van der Waals surface area contributed by atoms with Gasteiger partial charge in [-0.3, -0.25) is 9.20 Å². The fraction of sp³-hybridized carbons (Fsp3) is 0.130. The molecule has 0 atom stereocenters. The molecule has 0 fully saturated rings. The Morgan fingerprint density at radius 1 is 1.09 bits per heavy atom. The Kier molecular flexibility index (Phi) is 5.17. The van der Waals surface area contributed by atoms with Crippen LogP contribution < -0.4 is 16.6 Å². The van der Waals surface area contributed by atoms with E-state index in [-0.39, 0.29) is 5.95 Å². The van der Waals surface area contributed by atoms with Crippen molar-refractivity contribution in [3.05, 3.63) is 82.5 Å². The number of nitrogens with two attached hydrogens (primary N) is 1. The SMILES string of the molecule is Nc1nc(NCCCc2cc3ccc(F)cn3c(=O)c2-c2cccc(F)c2)c2nc[nH]c2n1. The van der Waals surface area contributed by atoms with Gasteiger partial charge in [0.25, 0.3) is 5.56 Å². The Morgan fingerprint density at radius 2 is 1.97 bits per heavy atom. The number of fused-ring (bicyclic) bond motifs is 2. The molecule has 0 aliphatic heterocycles. The fourth-order valence-electron chi connectivity index (χ4n) is 3.90. The zero-order valence-corrected chi connectivity index (χ0v) is 17.3. The molecule has 10 heteroatoms. The number of hydrogen-bond acceptors (Lipinski definition) is 6. The van der Waals surface area contributed by atoms with E-state index in [4.69, 9.17) is 5.73 Å². The van der Waals surface area contributed by atoms with E-state index in [1.165, 1.54) is 28.9 Å². The van der Waals surface area contributed by atoms with Crippen molar-refractivity contribution in [1.82, 2.24) is 24.3 Å². The third-order valence-electron chi connectivity index (χ3n) is 5.34. The van der Waals surface area contributed by atoms with Crippen LogP contribution in [0.15, 0.2) is 59.8 Å². The van der Waals surface area contributed by atoms with Crippen molar-refractivity contribution in [2.75, 3.05) is 17.6 Å². The lowest BCUT2D eigenvalue weighted by Gasteiger charge is -2.13. The largest absolute Gasteiger partial charge is 0.368 e. The van der Waals surface area contributed by atoms with Gasteiger partial charge in [-0.25, -0.2) is 13.8 Å². The van der Waals surface area contributed by atoms with Crippen LogP contribution in [0.5, 0.6) is 0 Å². The molecular formula is C23H19F2N7O. The van der Waals surface area contributed by atoms with Crippen molar-refractivity contribution < 1.29 is 8.78 Å². The number of benzene rings is 1. The van der Waals surface area contributed by atoms with Gasteiger partial charge in [0.2, 0.25) is 5.95 Å².